The number of ether oxygens (including phenoxy) is 1. The number of hydrogen-bond acceptors (Lipinski definition) is 3. The van der Waals surface area contributed by atoms with Crippen molar-refractivity contribution in [3.8, 4) is 17.3 Å². The molecule has 1 heterocycles. The second-order valence-electron chi connectivity index (χ2n) is 7.68. The fraction of sp³-hybridized carbons (Fsp3) is 0.154. The third-order valence-electron chi connectivity index (χ3n) is 5.23. The van der Waals surface area contributed by atoms with Crippen LogP contribution in [0.2, 0.25) is 5.02 Å². The van der Waals surface area contributed by atoms with Crippen LogP contribution in [0.15, 0.2) is 78.9 Å². The van der Waals surface area contributed by atoms with Crippen LogP contribution in [0.4, 0.5) is 4.39 Å². The normalized spacial score (nSPS) is 10.8. The van der Waals surface area contributed by atoms with Gasteiger partial charge in [0.25, 0.3) is 0 Å². The number of carbonyl (C=O) groups is 1. The average Bonchev–Trinajstić information content (AvgIpc) is 3.10. The molecular formula is C26H23ClFN3O2. The second-order valence-corrected chi connectivity index (χ2v) is 8.11. The Morgan fingerprint density at radius 3 is 2.42 bits per heavy atom. The number of halogens is 2. The van der Waals surface area contributed by atoms with Gasteiger partial charge in [-0.05, 0) is 55.0 Å². The summed E-state index contributed by atoms with van der Waals surface area (Å²) in [5.41, 5.74) is 3.08. The highest BCUT2D eigenvalue weighted by molar-refractivity contribution is 6.30. The Labute approximate surface area is 197 Å². The summed E-state index contributed by atoms with van der Waals surface area (Å²) in [6.07, 6.45) is 0. The van der Waals surface area contributed by atoms with Crippen LogP contribution in [0.25, 0.3) is 5.69 Å². The molecular weight excluding hydrogens is 441 g/mol. The first-order valence-corrected chi connectivity index (χ1v) is 10.9. The zero-order valence-electron chi connectivity index (χ0n) is 18.3. The number of amides is 1. The van der Waals surface area contributed by atoms with E-state index in [0.717, 1.165) is 22.5 Å². The number of hydrogen-bond donors (Lipinski definition) is 0. The lowest BCUT2D eigenvalue weighted by molar-refractivity contribution is -0.130. The monoisotopic (exact) mass is 463 g/mol. The predicted molar refractivity (Wildman–Crippen MR) is 126 cm³/mol. The highest BCUT2D eigenvalue weighted by Crippen LogP contribution is 2.32. The maximum Gasteiger partial charge on any atom is 0.227 e. The third-order valence-corrected chi connectivity index (χ3v) is 5.46. The van der Waals surface area contributed by atoms with Crippen LogP contribution in [-0.2, 0) is 17.9 Å². The highest BCUT2D eigenvalue weighted by atomic mass is 35.5. The zero-order valence-corrected chi connectivity index (χ0v) is 19.1. The van der Waals surface area contributed by atoms with Crippen LogP contribution in [0.5, 0.6) is 11.6 Å². The fourth-order valence-corrected chi connectivity index (χ4v) is 3.67. The number of rotatable bonds is 7. The predicted octanol–water partition coefficient (Wildman–Crippen LogP) is 6.31. The number of carbonyl (C=O) groups excluding carboxylic acids is 1. The lowest BCUT2D eigenvalue weighted by Crippen LogP contribution is -2.28. The van der Waals surface area contributed by atoms with E-state index in [2.05, 4.69) is 0 Å². The third kappa shape index (κ3) is 5.41. The Morgan fingerprint density at radius 2 is 1.76 bits per heavy atom. The minimum atomic E-state index is -0.315. The molecule has 4 aromatic rings. The standard InChI is InChI=1S/C26H23ClFN3O2/c1-18-25(17-30(19(2)32)16-20-11-13-22(28)14-12-20)26(33-24-9-4-3-5-10-24)31(29-18)23-8-6-7-21(27)15-23/h3-15H,16-17H2,1-2H3. The molecule has 0 N–H and O–H groups in total. The molecule has 0 saturated heterocycles. The van der Waals surface area contributed by atoms with Gasteiger partial charge in [0, 0.05) is 18.5 Å². The summed E-state index contributed by atoms with van der Waals surface area (Å²) in [4.78, 5) is 14.2. The van der Waals surface area contributed by atoms with Crippen LogP contribution in [0.3, 0.4) is 0 Å². The van der Waals surface area contributed by atoms with Crippen molar-refractivity contribution < 1.29 is 13.9 Å². The van der Waals surface area contributed by atoms with Crippen molar-refractivity contribution >= 4 is 17.5 Å². The lowest BCUT2D eigenvalue weighted by Gasteiger charge is -2.22. The summed E-state index contributed by atoms with van der Waals surface area (Å²) in [6.45, 7) is 4.01. The van der Waals surface area contributed by atoms with E-state index in [1.165, 1.54) is 19.1 Å². The van der Waals surface area contributed by atoms with E-state index in [1.807, 2.05) is 49.4 Å². The van der Waals surface area contributed by atoms with Gasteiger partial charge in [0.1, 0.15) is 11.6 Å². The van der Waals surface area contributed by atoms with Gasteiger partial charge in [-0.3, -0.25) is 4.79 Å². The van der Waals surface area contributed by atoms with Crippen molar-refractivity contribution in [1.29, 1.82) is 0 Å². The summed E-state index contributed by atoms with van der Waals surface area (Å²) >= 11 is 6.22. The van der Waals surface area contributed by atoms with Crippen molar-refractivity contribution in [3.05, 3.63) is 107 Å². The van der Waals surface area contributed by atoms with E-state index in [9.17, 15) is 9.18 Å². The minimum Gasteiger partial charge on any atom is -0.439 e. The topological polar surface area (TPSA) is 47.4 Å². The summed E-state index contributed by atoms with van der Waals surface area (Å²) in [5.74, 6) is 0.728. The molecule has 0 radical (unpaired) electrons. The van der Waals surface area contributed by atoms with Crippen molar-refractivity contribution in [2.45, 2.75) is 26.9 Å². The largest absolute Gasteiger partial charge is 0.439 e. The molecule has 5 nitrogen and oxygen atoms in total. The van der Waals surface area contributed by atoms with Crippen LogP contribution < -0.4 is 4.74 Å². The number of para-hydroxylation sites is 1. The van der Waals surface area contributed by atoms with Crippen LogP contribution >= 0.6 is 11.6 Å². The van der Waals surface area contributed by atoms with Crippen molar-refractivity contribution in [3.63, 3.8) is 0 Å². The molecule has 3 aromatic carbocycles. The molecule has 1 aromatic heterocycles. The molecule has 0 saturated carbocycles. The van der Waals surface area contributed by atoms with Gasteiger partial charge < -0.3 is 9.64 Å². The minimum absolute atomic E-state index is 0.111. The molecule has 4 rings (SSSR count). The molecule has 0 bridgehead atoms. The fourth-order valence-electron chi connectivity index (χ4n) is 3.49. The van der Waals surface area contributed by atoms with Gasteiger partial charge in [-0.2, -0.15) is 5.10 Å². The Balaban J connectivity index is 1.74. The van der Waals surface area contributed by atoms with Crippen LogP contribution in [0, 0.1) is 12.7 Å². The number of benzene rings is 3. The smallest absolute Gasteiger partial charge is 0.227 e. The molecule has 168 valence electrons. The Morgan fingerprint density at radius 1 is 1.03 bits per heavy atom. The van der Waals surface area contributed by atoms with Crippen molar-refractivity contribution in [2.24, 2.45) is 0 Å². The van der Waals surface area contributed by atoms with Gasteiger partial charge in [0.2, 0.25) is 11.8 Å². The first-order chi connectivity index (χ1) is 15.9. The molecule has 0 aliphatic carbocycles. The van der Waals surface area contributed by atoms with E-state index in [1.54, 1.807) is 33.8 Å². The Hall–Kier alpha value is -3.64. The quantitative estimate of drug-likeness (QED) is 0.322. The second kappa shape index (κ2) is 9.88. The Bertz CT molecular complexity index is 1260. The van der Waals surface area contributed by atoms with Gasteiger partial charge >= 0.3 is 0 Å². The van der Waals surface area contributed by atoms with Crippen LogP contribution in [0.1, 0.15) is 23.7 Å². The molecule has 0 fully saturated rings. The first-order valence-electron chi connectivity index (χ1n) is 10.5. The summed E-state index contributed by atoms with van der Waals surface area (Å²) < 4.78 is 21.3. The SMILES string of the molecule is CC(=O)N(Cc1ccc(F)cc1)Cc1c(C)nn(-c2cccc(Cl)c2)c1Oc1ccccc1. The van der Waals surface area contributed by atoms with E-state index < -0.39 is 0 Å². The number of nitrogens with zero attached hydrogens (tertiary/aromatic N) is 3. The molecule has 7 heteroatoms. The van der Waals surface area contributed by atoms with Gasteiger partial charge in [-0.1, -0.05) is 48.0 Å². The summed E-state index contributed by atoms with van der Waals surface area (Å²) in [6, 6.07) is 22.9. The highest BCUT2D eigenvalue weighted by Gasteiger charge is 2.23. The summed E-state index contributed by atoms with van der Waals surface area (Å²) in [5, 5.41) is 5.27. The molecule has 33 heavy (non-hydrogen) atoms. The van der Waals surface area contributed by atoms with Gasteiger partial charge in [-0.15, -0.1) is 0 Å². The van der Waals surface area contributed by atoms with Crippen LogP contribution in [-0.4, -0.2) is 20.6 Å². The molecule has 0 aliphatic rings. The van der Waals surface area contributed by atoms with Gasteiger partial charge in [0.05, 0.1) is 23.5 Å². The van der Waals surface area contributed by atoms with Gasteiger partial charge in [0.15, 0.2) is 0 Å². The average molecular weight is 464 g/mol. The summed E-state index contributed by atoms with van der Waals surface area (Å²) in [7, 11) is 0. The van der Waals surface area contributed by atoms with Crippen molar-refractivity contribution in [2.75, 3.05) is 0 Å². The van der Waals surface area contributed by atoms with E-state index in [0.29, 0.717) is 23.2 Å². The molecule has 0 aliphatic heterocycles. The van der Waals surface area contributed by atoms with Crippen molar-refractivity contribution in [1.82, 2.24) is 14.7 Å². The molecule has 0 unspecified atom stereocenters. The maximum atomic E-state index is 13.3. The van der Waals surface area contributed by atoms with E-state index >= 15 is 0 Å². The molecule has 1 amide bonds. The first kappa shape index (κ1) is 22.6. The van der Waals surface area contributed by atoms with E-state index in [-0.39, 0.29) is 18.3 Å². The van der Waals surface area contributed by atoms with Gasteiger partial charge in [-0.25, -0.2) is 9.07 Å². The molecule has 0 spiro atoms. The molecule has 0 atom stereocenters. The Kier molecular flexibility index (Phi) is 6.75. The number of aromatic nitrogens is 2. The zero-order chi connectivity index (χ0) is 23.4. The van der Waals surface area contributed by atoms with E-state index in [4.69, 9.17) is 21.4 Å². The number of aryl methyl sites for hydroxylation is 1. The maximum absolute atomic E-state index is 13.3. The lowest BCUT2D eigenvalue weighted by atomic mass is 10.1.